The summed E-state index contributed by atoms with van der Waals surface area (Å²) in [5.74, 6) is 0. The van der Waals surface area contributed by atoms with Crippen LogP contribution in [0.25, 0.3) is 16.9 Å². The largest absolute Gasteiger partial charge is 0.493 e. The summed E-state index contributed by atoms with van der Waals surface area (Å²) in [5, 5.41) is 0. The molecule has 0 amide bonds. The van der Waals surface area contributed by atoms with Gasteiger partial charge < -0.3 is 5.53 Å². The maximum atomic E-state index is 11.6. The van der Waals surface area contributed by atoms with Crippen molar-refractivity contribution in [2.24, 2.45) is 0 Å². The fourth-order valence-electron chi connectivity index (χ4n) is 5.93. The van der Waals surface area contributed by atoms with Crippen molar-refractivity contribution in [1.82, 2.24) is 0 Å². The van der Waals surface area contributed by atoms with Crippen molar-refractivity contribution in [2.75, 3.05) is 0 Å². The van der Waals surface area contributed by atoms with E-state index in [1.54, 1.807) is 0 Å². The van der Waals surface area contributed by atoms with E-state index >= 15 is 0 Å². The highest BCUT2D eigenvalue weighted by Crippen LogP contribution is 2.38. The maximum Gasteiger partial charge on any atom is 0.210 e. The Balaban J connectivity index is 1.71. The second-order valence-electron chi connectivity index (χ2n) is 12.0. The van der Waals surface area contributed by atoms with Gasteiger partial charge in [0, 0.05) is 22.8 Å². The van der Waals surface area contributed by atoms with Crippen LogP contribution in [0.4, 0.5) is 0 Å². The van der Waals surface area contributed by atoms with Crippen molar-refractivity contribution < 1.29 is 4.70 Å². The number of hydrogen-bond acceptors (Lipinski definition) is 0. The number of benzene rings is 2. The van der Waals surface area contributed by atoms with E-state index < -0.39 is 0 Å². The molecular formula is C38H56N2. The second-order valence-corrected chi connectivity index (χ2v) is 12.0. The lowest BCUT2D eigenvalue weighted by molar-refractivity contribution is -0.344. The predicted molar refractivity (Wildman–Crippen MR) is 174 cm³/mol. The highest BCUT2D eigenvalue weighted by atomic mass is 15.2. The van der Waals surface area contributed by atoms with Gasteiger partial charge in [0.25, 0.3) is 0 Å². The van der Waals surface area contributed by atoms with Crippen molar-refractivity contribution in [3.8, 4) is 0 Å². The normalized spacial score (nSPS) is 13.4. The molecule has 0 atom stereocenters. The van der Waals surface area contributed by atoms with E-state index in [1.165, 1.54) is 124 Å². The molecule has 0 saturated heterocycles. The average Bonchev–Trinajstić information content (AvgIpc) is 3.31. The van der Waals surface area contributed by atoms with Gasteiger partial charge in [0.15, 0.2) is 0 Å². The minimum absolute atomic E-state index is 0.919. The van der Waals surface area contributed by atoms with Crippen LogP contribution in [0.5, 0.6) is 0 Å². The van der Waals surface area contributed by atoms with Crippen molar-refractivity contribution >= 4 is 11.4 Å². The molecule has 0 saturated carbocycles. The minimum Gasteiger partial charge on any atom is -0.493 e. The fourth-order valence-corrected chi connectivity index (χ4v) is 5.93. The molecule has 1 aliphatic rings. The molecule has 0 aliphatic carbocycles. The fraction of sp³-hybridized carbons (Fsp3) is 0.579. The Labute approximate surface area is 246 Å². The van der Waals surface area contributed by atoms with Gasteiger partial charge in [-0.1, -0.05) is 129 Å². The number of allylic oxidation sites excluding steroid dienone is 2. The Morgan fingerprint density at radius 1 is 0.525 bits per heavy atom. The zero-order chi connectivity index (χ0) is 28.4. The van der Waals surface area contributed by atoms with E-state index in [9.17, 15) is 5.53 Å². The summed E-state index contributed by atoms with van der Waals surface area (Å²) in [7, 11) is 0. The van der Waals surface area contributed by atoms with Gasteiger partial charge in [0.05, 0.1) is 0 Å². The van der Waals surface area contributed by atoms with Crippen molar-refractivity contribution in [3.63, 3.8) is 0 Å². The van der Waals surface area contributed by atoms with E-state index in [1.807, 2.05) is 0 Å². The van der Waals surface area contributed by atoms with E-state index in [2.05, 4.69) is 75.4 Å². The van der Waals surface area contributed by atoms with E-state index in [0.717, 1.165) is 41.8 Å². The van der Waals surface area contributed by atoms with Crippen LogP contribution < -0.4 is 0 Å². The molecule has 0 radical (unpaired) electrons. The third-order valence-corrected chi connectivity index (χ3v) is 8.44. The van der Waals surface area contributed by atoms with Gasteiger partial charge in [-0.25, -0.2) is 4.70 Å². The standard InChI is InChI=1S/C38H56N2/c1-4-7-10-13-15-18-21-32-26-28-34(29-27-32)38-36(24-19-16-14-11-8-5-2)31-37(40(38)39)35-25-20-23-33(30-35)22-17-12-9-6-3/h20,23,25-31H,4-19,21-22,24H2,1-3H3. The van der Waals surface area contributed by atoms with Crippen LogP contribution in [0.3, 0.4) is 0 Å². The van der Waals surface area contributed by atoms with Crippen LogP contribution >= 0.6 is 0 Å². The molecule has 0 spiro atoms. The minimum atomic E-state index is 0.919. The first-order chi connectivity index (χ1) is 19.7. The van der Waals surface area contributed by atoms with E-state index in [-0.39, 0.29) is 0 Å². The summed E-state index contributed by atoms with van der Waals surface area (Å²) in [6.45, 7) is 6.81. The van der Waals surface area contributed by atoms with Gasteiger partial charge in [-0.05, 0) is 73.9 Å². The molecule has 2 nitrogen and oxygen atoms in total. The molecule has 0 bridgehead atoms. The molecule has 2 heteroatoms. The Morgan fingerprint density at radius 3 is 1.68 bits per heavy atom. The van der Waals surface area contributed by atoms with Gasteiger partial charge in [0.1, 0.15) is 0 Å². The Hall–Kier alpha value is -2.48. The molecule has 40 heavy (non-hydrogen) atoms. The predicted octanol–water partition coefficient (Wildman–Crippen LogP) is 12.3. The van der Waals surface area contributed by atoms with Gasteiger partial charge >= 0.3 is 0 Å². The maximum absolute atomic E-state index is 11.6. The molecule has 0 aromatic heterocycles. The lowest BCUT2D eigenvalue weighted by Crippen LogP contribution is -2.03. The summed E-state index contributed by atoms with van der Waals surface area (Å²) in [6, 6.07) is 17.8. The van der Waals surface area contributed by atoms with Gasteiger partial charge in [0.2, 0.25) is 11.4 Å². The van der Waals surface area contributed by atoms with Crippen molar-refractivity contribution in [1.29, 1.82) is 0 Å². The molecule has 1 aliphatic heterocycles. The first kappa shape index (κ1) is 32.0. The Kier molecular flexibility index (Phi) is 15.1. The van der Waals surface area contributed by atoms with Crippen molar-refractivity contribution in [2.45, 2.75) is 143 Å². The molecule has 1 heterocycles. The summed E-state index contributed by atoms with van der Waals surface area (Å²) in [4.78, 5) is 0. The molecule has 0 N–H and O–H groups in total. The Morgan fingerprint density at radius 2 is 1.05 bits per heavy atom. The van der Waals surface area contributed by atoms with Crippen LogP contribution in [0.15, 0.2) is 60.2 Å². The lowest BCUT2D eigenvalue weighted by Gasteiger charge is -2.11. The molecule has 0 unspecified atom stereocenters. The number of hydrogen-bond donors (Lipinski definition) is 0. The molecule has 218 valence electrons. The quantitative estimate of drug-likeness (QED) is 0.111. The van der Waals surface area contributed by atoms with Crippen molar-refractivity contribution in [3.05, 3.63) is 88.0 Å². The van der Waals surface area contributed by atoms with E-state index in [0.29, 0.717) is 0 Å². The smallest absolute Gasteiger partial charge is 0.210 e. The van der Waals surface area contributed by atoms with Gasteiger partial charge in [-0.2, -0.15) is 0 Å². The second kappa shape index (κ2) is 18.8. The third-order valence-electron chi connectivity index (χ3n) is 8.44. The number of nitrogens with zero attached hydrogens (tertiary/aromatic N) is 2. The molecule has 2 aromatic carbocycles. The zero-order valence-electron chi connectivity index (χ0n) is 26.0. The molecule has 2 aromatic rings. The first-order valence-corrected chi connectivity index (χ1v) is 16.8. The molecule has 0 fully saturated rings. The monoisotopic (exact) mass is 540 g/mol. The lowest BCUT2D eigenvalue weighted by atomic mass is 9.99. The third kappa shape index (κ3) is 10.5. The van der Waals surface area contributed by atoms with Crippen LogP contribution in [0.2, 0.25) is 0 Å². The number of aryl methyl sites for hydroxylation is 2. The highest BCUT2D eigenvalue weighted by Gasteiger charge is 2.28. The summed E-state index contributed by atoms with van der Waals surface area (Å²) in [5.41, 5.74) is 19.7. The van der Waals surface area contributed by atoms with Gasteiger partial charge in [-0.15, -0.1) is 0 Å². The van der Waals surface area contributed by atoms with Crippen LogP contribution in [0.1, 0.15) is 152 Å². The summed E-state index contributed by atoms with van der Waals surface area (Å²) >= 11 is 0. The topological polar surface area (TPSA) is 25.3 Å². The van der Waals surface area contributed by atoms with Crippen LogP contribution in [-0.4, -0.2) is 4.70 Å². The SMILES string of the molecule is CCCCCCCCC1=C(c2ccc(CCCCCCCC)cc2)[N+](=[N-])C(c2cccc(CCCCCC)c2)=C1. The Bertz CT molecular complexity index is 1070. The highest BCUT2D eigenvalue weighted by molar-refractivity contribution is 5.78. The summed E-state index contributed by atoms with van der Waals surface area (Å²) < 4.78 is 1.48. The van der Waals surface area contributed by atoms with Crippen LogP contribution in [-0.2, 0) is 12.8 Å². The average molecular weight is 541 g/mol. The first-order valence-electron chi connectivity index (χ1n) is 16.8. The summed E-state index contributed by atoms with van der Waals surface area (Å²) in [6.07, 6.45) is 26.3. The van der Waals surface area contributed by atoms with Gasteiger partial charge in [-0.3, -0.25) is 0 Å². The number of rotatable bonds is 21. The molecular weight excluding hydrogens is 484 g/mol. The zero-order valence-corrected chi connectivity index (χ0v) is 26.0. The van der Waals surface area contributed by atoms with Crippen LogP contribution in [0, 0.1) is 0 Å². The van der Waals surface area contributed by atoms with E-state index in [4.69, 9.17) is 0 Å². The number of unbranched alkanes of at least 4 members (excludes halogenated alkanes) is 13. The molecule has 3 rings (SSSR count).